The summed E-state index contributed by atoms with van der Waals surface area (Å²) < 4.78 is 10.7. The van der Waals surface area contributed by atoms with Gasteiger partial charge < -0.3 is 14.5 Å². The molecule has 0 saturated heterocycles. The van der Waals surface area contributed by atoms with Gasteiger partial charge in [-0.2, -0.15) is 0 Å². The summed E-state index contributed by atoms with van der Waals surface area (Å²) in [4.78, 5) is 44.0. The topological polar surface area (TPSA) is 98.3 Å². The number of aryl methyl sites for hydroxylation is 2. The summed E-state index contributed by atoms with van der Waals surface area (Å²) in [6.07, 6.45) is 0. The number of nitrogens with zero attached hydrogens (tertiary/aromatic N) is 1. The molecule has 0 spiro atoms. The first-order valence-corrected chi connectivity index (χ1v) is 8.98. The van der Waals surface area contributed by atoms with Crippen LogP contribution in [-0.2, 0) is 11.3 Å². The Labute approximate surface area is 159 Å². The molecule has 3 rings (SSSR count). The van der Waals surface area contributed by atoms with Gasteiger partial charge in [0.1, 0.15) is 27.9 Å². The lowest BCUT2D eigenvalue weighted by atomic mass is 10.1. The molecule has 1 aromatic carbocycles. The zero-order valence-corrected chi connectivity index (χ0v) is 16.2. The molecular weight excluding hydrogens is 368 g/mol. The molecule has 8 heteroatoms. The Balaban J connectivity index is 1.89. The summed E-state index contributed by atoms with van der Waals surface area (Å²) >= 11 is 1.12. The Morgan fingerprint density at radius 3 is 2.67 bits per heavy atom. The molecule has 0 aliphatic rings. The van der Waals surface area contributed by atoms with Crippen molar-refractivity contribution < 1.29 is 19.1 Å². The van der Waals surface area contributed by atoms with Crippen LogP contribution in [0.4, 0.5) is 0 Å². The van der Waals surface area contributed by atoms with E-state index >= 15 is 0 Å². The van der Waals surface area contributed by atoms with Gasteiger partial charge in [0, 0.05) is 11.1 Å². The van der Waals surface area contributed by atoms with Crippen LogP contribution in [0, 0.1) is 13.8 Å². The average Bonchev–Trinajstić information content (AvgIpc) is 2.95. The summed E-state index contributed by atoms with van der Waals surface area (Å²) in [6, 6.07) is 4.96. The zero-order chi connectivity index (χ0) is 19.7. The Morgan fingerprint density at radius 2 is 2.00 bits per heavy atom. The third-order valence-electron chi connectivity index (χ3n) is 4.15. The number of nitrogens with one attached hydrogen (secondary N) is 1. The maximum atomic E-state index is 12.6. The Bertz CT molecular complexity index is 1110. The van der Waals surface area contributed by atoms with Gasteiger partial charge in [0.15, 0.2) is 5.78 Å². The number of ketones is 1. The van der Waals surface area contributed by atoms with Crippen molar-refractivity contribution in [2.75, 3.05) is 7.11 Å². The first-order chi connectivity index (χ1) is 12.8. The van der Waals surface area contributed by atoms with Gasteiger partial charge in [-0.1, -0.05) is 0 Å². The van der Waals surface area contributed by atoms with E-state index in [4.69, 9.17) is 9.47 Å². The minimum atomic E-state index is -0.553. The molecule has 27 heavy (non-hydrogen) atoms. The lowest BCUT2D eigenvalue weighted by molar-refractivity contribution is 0.0475. The van der Waals surface area contributed by atoms with E-state index in [2.05, 4.69) is 9.97 Å². The highest BCUT2D eigenvalue weighted by molar-refractivity contribution is 7.20. The second-order valence-electron chi connectivity index (χ2n) is 6.05. The van der Waals surface area contributed by atoms with Crippen molar-refractivity contribution >= 4 is 33.3 Å². The number of hydrogen-bond donors (Lipinski definition) is 1. The lowest BCUT2D eigenvalue weighted by Gasteiger charge is -2.10. The van der Waals surface area contributed by atoms with Crippen LogP contribution < -0.4 is 10.3 Å². The van der Waals surface area contributed by atoms with Crippen LogP contribution in [0.3, 0.4) is 0 Å². The van der Waals surface area contributed by atoms with Crippen molar-refractivity contribution in [1.82, 2.24) is 9.97 Å². The van der Waals surface area contributed by atoms with Gasteiger partial charge in [0.2, 0.25) is 0 Å². The van der Waals surface area contributed by atoms with E-state index in [1.54, 1.807) is 32.0 Å². The number of fused-ring (bicyclic) bond motifs is 1. The molecule has 0 amide bonds. The molecule has 0 fully saturated rings. The summed E-state index contributed by atoms with van der Waals surface area (Å²) in [5, 5.41) is 0.397. The van der Waals surface area contributed by atoms with Crippen LogP contribution in [0.15, 0.2) is 23.0 Å². The fourth-order valence-corrected chi connectivity index (χ4v) is 3.89. The van der Waals surface area contributed by atoms with Crippen LogP contribution in [0.1, 0.15) is 43.9 Å². The normalized spacial score (nSPS) is 10.8. The van der Waals surface area contributed by atoms with Crippen LogP contribution in [-0.4, -0.2) is 28.8 Å². The molecule has 1 N–H and O–H groups in total. The molecule has 0 unspecified atom stereocenters. The predicted molar refractivity (Wildman–Crippen MR) is 102 cm³/mol. The van der Waals surface area contributed by atoms with E-state index < -0.39 is 5.97 Å². The van der Waals surface area contributed by atoms with Crippen LogP contribution >= 0.6 is 11.3 Å². The summed E-state index contributed by atoms with van der Waals surface area (Å²) in [5.41, 5.74) is 1.36. The molecule has 0 radical (unpaired) electrons. The lowest BCUT2D eigenvalue weighted by Crippen LogP contribution is -2.10. The van der Waals surface area contributed by atoms with Gasteiger partial charge in [-0.15, -0.1) is 11.3 Å². The molecule has 3 aromatic rings. The summed E-state index contributed by atoms with van der Waals surface area (Å²) in [5.74, 6) is 0.364. The van der Waals surface area contributed by atoms with Gasteiger partial charge in [0.25, 0.3) is 5.56 Å². The van der Waals surface area contributed by atoms with Crippen molar-refractivity contribution in [3.8, 4) is 5.75 Å². The fourth-order valence-electron chi connectivity index (χ4n) is 2.77. The molecular formula is C19H18N2O5S. The van der Waals surface area contributed by atoms with Crippen molar-refractivity contribution in [1.29, 1.82) is 0 Å². The molecule has 0 bridgehead atoms. The molecule has 0 saturated carbocycles. The van der Waals surface area contributed by atoms with Gasteiger partial charge in [0.05, 0.1) is 12.5 Å². The Kier molecular flexibility index (Phi) is 5.09. The average molecular weight is 386 g/mol. The molecule has 2 heterocycles. The fraction of sp³-hybridized carbons (Fsp3) is 0.263. The summed E-state index contributed by atoms with van der Waals surface area (Å²) in [7, 11) is 1.50. The number of ether oxygens (including phenoxy) is 2. The van der Waals surface area contributed by atoms with Crippen molar-refractivity contribution in [3.63, 3.8) is 0 Å². The van der Waals surface area contributed by atoms with Crippen molar-refractivity contribution in [3.05, 3.63) is 55.9 Å². The maximum Gasteiger partial charge on any atom is 0.349 e. The number of benzene rings is 1. The molecule has 2 aromatic heterocycles. The number of methoxy groups -OCH3 is 1. The van der Waals surface area contributed by atoms with E-state index in [1.165, 1.54) is 14.0 Å². The highest BCUT2D eigenvalue weighted by Crippen LogP contribution is 2.28. The van der Waals surface area contributed by atoms with Gasteiger partial charge in [-0.25, -0.2) is 9.78 Å². The highest BCUT2D eigenvalue weighted by atomic mass is 32.1. The van der Waals surface area contributed by atoms with Gasteiger partial charge in [-0.05, 0) is 44.5 Å². The van der Waals surface area contributed by atoms with E-state index in [0.29, 0.717) is 43.4 Å². The number of carbonyl (C=O) groups excluding carboxylic acids is 2. The number of aromatic amines is 1. The monoisotopic (exact) mass is 386 g/mol. The summed E-state index contributed by atoms with van der Waals surface area (Å²) in [6.45, 7) is 4.78. The van der Waals surface area contributed by atoms with Crippen molar-refractivity contribution in [2.45, 2.75) is 27.4 Å². The molecule has 0 aliphatic heterocycles. The number of H-pyrrole nitrogens is 1. The van der Waals surface area contributed by atoms with Crippen LogP contribution in [0.25, 0.3) is 10.2 Å². The van der Waals surface area contributed by atoms with Gasteiger partial charge in [-0.3, -0.25) is 9.59 Å². The molecule has 0 aliphatic carbocycles. The first kappa shape index (κ1) is 18.8. The van der Waals surface area contributed by atoms with E-state index in [-0.39, 0.29) is 17.9 Å². The van der Waals surface area contributed by atoms with E-state index in [1.807, 2.05) is 0 Å². The third-order valence-corrected chi connectivity index (χ3v) is 5.32. The molecule has 7 nitrogen and oxygen atoms in total. The largest absolute Gasteiger partial charge is 0.496 e. The smallest absolute Gasteiger partial charge is 0.349 e. The maximum absolute atomic E-state index is 12.6. The number of rotatable bonds is 5. The van der Waals surface area contributed by atoms with Gasteiger partial charge >= 0.3 is 5.97 Å². The number of thiophene rings is 1. The highest BCUT2D eigenvalue weighted by Gasteiger charge is 2.20. The van der Waals surface area contributed by atoms with E-state index in [0.717, 1.165) is 11.3 Å². The number of hydrogen-bond acceptors (Lipinski definition) is 7. The number of aromatic nitrogens is 2. The Morgan fingerprint density at radius 1 is 1.26 bits per heavy atom. The molecule has 0 atom stereocenters. The van der Waals surface area contributed by atoms with E-state index in [9.17, 15) is 14.4 Å². The SMILES string of the molecule is COc1ccc(C(C)=O)cc1COC(=O)c1sc2nc(C)[nH]c(=O)c2c1C. The zero-order valence-electron chi connectivity index (χ0n) is 15.3. The quantitative estimate of drug-likeness (QED) is 0.534. The second kappa shape index (κ2) is 7.32. The number of carbonyl (C=O) groups is 2. The Hall–Kier alpha value is -3.00. The predicted octanol–water partition coefficient (Wildman–Crippen LogP) is 3.17. The third kappa shape index (κ3) is 3.61. The van der Waals surface area contributed by atoms with Crippen LogP contribution in [0.2, 0.25) is 0 Å². The standard InChI is InChI=1S/C19H18N2O5S/c1-9-15-17(23)20-11(3)21-18(15)27-16(9)19(24)26-8-13-7-12(10(2)22)5-6-14(13)25-4/h5-7H,8H2,1-4H3,(H,20,21,23). The second-order valence-corrected chi connectivity index (χ2v) is 7.05. The minimum absolute atomic E-state index is 0.0559. The van der Waals surface area contributed by atoms with Crippen LogP contribution in [0.5, 0.6) is 5.75 Å². The minimum Gasteiger partial charge on any atom is -0.496 e. The number of esters is 1. The van der Waals surface area contributed by atoms with Crippen molar-refractivity contribution in [2.24, 2.45) is 0 Å². The first-order valence-electron chi connectivity index (χ1n) is 8.16. The number of Topliss-reactive ketones (excluding diaryl/α,β-unsaturated/α-hetero) is 1. The molecule has 140 valence electrons.